The van der Waals surface area contributed by atoms with Gasteiger partial charge in [0.2, 0.25) is 5.91 Å². The molecule has 0 saturated heterocycles. The molecule has 4 nitrogen and oxygen atoms in total. The third-order valence-corrected chi connectivity index (χ3v) is 5.01. The van der Waals surface area contributed by atoms with E-state index >= 15 is 0 Å². The van der Waals surface area contributed by atoms with Gasteiger partial charge in [0.25, 0.3) is 0 Å². The average molecular weight is 341 g/mol. The fourth-order valence-electron chi connectivity index (χ4n) is 2.47. The Bertz CT molecular complexity index is 793. The van der Waals surface area contributed by atoms with Crippen molar-refractivity contribution in [2.45, 2.75) is 12.5 Å². The van der Waals surface area contributed by atoms with Crippen LogP contribution in [0.4, 0.5) is 0 Å². The standard InChI is InChI=1S/C19H19NO3S/c1-23-15-8-6-13(7-9-15)10-19(22)20-12-16(21)18-11-14-4-2-3-5-17(14)24-18/h2-9,11,16,21H,10,12H2,1H3,(H,20,22). The van der Waals surface area contributed by atoms with E-state index in [1.165, 1.54) is 0 Å². The number of ether oxygens (including phenoxy) is 1. The Labute approximate surface area is 144 Å². The summed E-state index contributed by atoms with van der Waals surface area (Å²) in [6.07, 6.45) is -0.412. The third kappa shape index (κ3) is 3.93. The highest BCUT2D eigenvalue weighted by Gasteiger charge is 2.13. The number of hydrogen-bond donors (Lipinski definition) is 2. The number of hydrogen-bond acceptors (Lipinski definition) is 4. The summed E-state index contributed by atoms with van der Waals surface area (Å²) in [7, 11) is 1.61. The molecule has 3 rings (SSSR count). The Morgan fingerprint density at radius 2 is 1.96 bits per heavy atom. The fourth-order valence-corrected chi connectivity index (χ4v) is 3.52. The first-order valence-corrected chi connectivity index (χ1v) is 8.53. The quantitative estimate of drug-likeness (QED) is 0.723. The minimum Gasteiger partial charge on any atom is -0.497 e. The first kappa shape index (κ1) is 16.5. The second-order valence-electron chi connectivity index (χ2n) is 5.53. The lowest BCUT2D eigenvalue weighted by Crippen LogP contribution is -2.29. The van der Waals surface area contributed by atoms with Gasteiger partial charge in [-0.1, -0.05) is 30.3 Å². The van der Waals surface area contributed by atoms with Gasteiger partial charge < -0.3 is 15.2 Å². The van der Waals surface area contributed by atoms with Gasteiger partial charge >= 0.3 is 0 Å². The van der Waals surface area contributed by atoms with Crippen molar-refractivity contribution in [3.63, 3.8) is 0 Å². The maximum atomic E-state index is 12.0. The number of benzene rings is 2. The smallest absolute Gasteiger partial charge is 0.224 e. The van der Waals surface area contributed by atoms with Gasteiger partial charge in [0, 0.05) is 16.1 Å². The average Bonchev–Trinajstić information content (AvgIpc) is 3.04. The van der Waals surface area contributed by atoms with Crippen LogP contribution >= 0.6 is 11.3 Å². The normalized spacial score (nSPS) is 12.1. The topological polar surface area (TPSA) is 58.6 Å². The number of aliphatic hydroxyl groups excluding tert-OH is 1. The summed E-state index contributed by atoms with van der Waals surface area (Å²) in [5.41, 5.74) is 0.907. The van der Waals surface area contributed by atoms with Gasteiger partial charge in [0.1, 0.15) is 11.9 Å². The maximum Gasteiger partial charge on any atom is 0.224 e. The lowest BCUT2D eigenvalue weighted by Gasteiger charge is -2.10. The van der Waals surface area contributed by atoms with Crippen LogP contribution in [0.25, 0.3) is 10.1 Å². The number of nitrogens with one attached hydrogen (secondary N) is 1. The zero-order valence-corrected chi connectivity index (χ0v) is 14.2. The van der Waals surface area contributed by atoms with Crippen LogP contribution in [-0.2, 0) is 11.2 Å². The first-order valence-electron chi connectivity index (χ1n) is 7.72. The van der Waals surface area contributed by atoms with Crippen LogP contribution in [0, 0.1) is 0 Å². The third-order valence-electron chi connectivity index (χ3n) is 3.79. The van der Waals surface area contributed by atoms with Crippen LogP contribution in [0.5, 0.6) is 5.75 Å². The number of thiophene rings is 1. The molecule has 1 amide bonds. The van der Waals surface area contributed by atoms with Gasteiger partial charge in [-0.3, -0.25) is 4.79 Å². The molecular weight excluding hydrogens is 322 g/mol. The van der Waals surface area contributed by atoms with E-state index in [1.54, 1.807) is 18.4 Å². The Kier molecular flexibility index (Phi) is 5.13. The lowest BCUT2D eigenvalue weighted by atomic mass is 10.1. The zero-order chi connectivity index (χ0) is 16.9. The number of methoxy groups -OCH3 is 1. The van der Waals surface area contributed by atoms with Gasteiger partial charge in [-0.15, -0.1) is 11.3 Å². The number of amides is 1. The van der Waals surface area contributed by atoms with Gasteiger partial charge in [-0.25, -0.2) is 0 Å². The van der Waals surface area contributed by atoms with E-state index in [2.05, 4.69) is 5.32 Å². The Hall–Kier alpha value is -2.37. The van der Waals surface area contributed by atoms with Crippen LogP contribution in [0.15, 0.2) is 54.6 Å². The van der Waals surface area contributed by atoms with Crippen LogP contribution < -0.4 is 10.1 Å². The van der Waals surface area contributed by atoms with Gasteiger partial charge in [0.15, 0.2) is 0 Å². The Balaban J connectivity index is 1.54. The van der Waals surface area contributed by atoms with Gasteiger partial charge in [-0.05, 0) is 35.2 Å². The van der Waals surface area contributed by atoms with E-state index in [0.29, 0.717) is 0 Å². The molecule has 124 valence electrons. The summed E-state index contributed by atoms with van der Waals surface area (Å²) < 4.78 is 6.23. The maximum absolute atomic E-state index is 12.0. The number of carbonyl (C=O) groups is 1. The van der Waals surface area contributed by atoms with E-state index in [0.717, 1.165) is 26.3 Å². The summed E-state index contributed by atoms with van der Waals surface area (Å²) in [6, 6.07) is 17.3. The summed E-state index contributed by atoms with van der Waals surface area (Å²) in [4.78, 5) is 12.9. The molecule has 0 aliphatic heterocycles. The van der Waals surface area contributed by atoms with Crippen molar-refractivity contribution in [1.82, 2.24) is 5.32 Å². The monoisotopic (exact) mass is 341 g/mol. The van der Waals surface area contributed by atoms with E-state index in [-0.39, 0.29) is 18.9 Å². The predicted octanol–water partition coefficient (Wildman–Crippen LogP) is 3.30. The predicted molar refractivity (Wildman–Crippen MR) is 96.5 cm³/mol. The van der Waals surface area contributed by atoms with E-state index in [1.807, 2.05) is 54.6 Å². The summed E-state index contributed by atoms with van der Waals surface area (Å²) in [5.74, 6) is 0.652. The van der Waals surface area contributed by atoms with Crippen molar-refractivity contribution in [2.24, 2.45) is 0 Å². The van der Waals surface area contributed by atoms with Crippen molar-refractivity contribution < 1.29 is 14.6 Å². The molecule has 0 radical (unpaired) electrons. The van der Waals surface area contributed by atoms with Crippen LogP contribution in [0.1, 0.15) is 16.5 Å². The number of carbonyl (C=O) groups excluding carboxylic acids is 1. The molecule has 2 N–H and O–H groups in total. The van der Waals surface area contributed by atoms with Crippen molar-refractivity contribution in [3.05, 3.63) is 65.0 Å². The first-order chi connectivity index (χ1) is 11.7. The minimum atomic E-state index is -0.692. The molecule has 0 bridgehead atoms. The summed E-state index contributed by atoms with van der Waals surface area (Å²) >= 11 is 1.55. The summed E-state index contributed by atoms with van der Waals surface area (Å²) in [6.45, 7) is 0.210. The molecule has 1 aromatic heterocycles. The van der Waals surface area contributed by atoms with Crippen molar-refractivity contribution in [3.8, 4) is 5.75 Å². The van der Waals surface area contributed by atoms with E-state index < -0.39 is 6.10 Å². The Morgan fingerprint density at radius 3 is 2.67 bits per heavy atom. The molecule has 0 fully saturated rings. The minimum absolute atomic E-state index is 0.111. The number of aliphatic hydroxyl groups is 1. The second-order valence-corrected chi connectivity index (χ2v) is 6.65. The highest BCUT2D eigenvalue weighted by Crippen LogP contribution is 2.29. The molecule has 1 heterocycles. The van der Waals surface area contributed by atoms with Crippen LogP contribution in [-0.4, -0.2) is 24.7 Å². The number of fused-ring (bicyclic) bond motifs is 1. The molecule has 0 aliphatic rings. The van der Waals surface area contributed by atoms with Crippen LogP contribution in [0.2, 0.25) is 0 Å². The fraction of sp³-hybridized carbons (Fsp3) is 0.211. The van der Waals surface area contributed by atoms with E-state index in [4.69, 9.17) is 4.74 Å². The van der Waals surface area contributed by atoms with Crippen LogP contribution in [0.3, 0.4) is 0 Å². The zero-order valence-electron chi connectivity index (χ0n) is 13.4. The molecule has 24 heavy (non-hydrogen) atoms. The van der Waals surface area contributed by atoms with Crippen molar-refractivity contribution >= 4 is 27.3 Å². The van der Waals surface area contributed by atoms with Gasteiger partial charge in [-0.2, -0.15) is 0 Å². The SMILES string of the molecule is COc1ccc(CC(=O)NCC(O)c2cc3ccccc3s2)cc1. The van der Waals surface area contributed by atoms with Crippen molar-refractivity contribution in [2.75, 3.05) is 13.7 Å². The number of rotatable bonds is 6. The molecule has 1 unspecified atom stereocenters. The molecule has 3 aromatic rings. The highest BCUT2D eigenvalue weighted by molar-refractivity contribution is 7.19. The van der Waals surface area contributed by atoms with Crippen molar-refractivity contribution in [1.29, 1.82) is 0 Å². The molecule has 0 spiro atoms. The largest absolute Gasteiger partial charge is 0.497 e. The molecule has 5 heteroatoms. The molecule has 0 saturated carbocycles. The molecular formula is C19H19NO3S. The van der Waals surface area contributed by atoms with Gasteiger partial charge in [0.05, 0.1) is 13.5 Å². The lowest BCUT2D eigenvalue weighted by molar-refractivity contribution is -0.120. The Morgan fingerprint density at radius 1 is 1.21 bits per heavy atom. The molecule has 1 atom stereocenters. The molecule has 0 aliphatic carbocycles. The molecule has 2 aromatic carbocycles. The highest BCUT2D eigenvalue weighted by atomic mass is 32.1. The van der Waals surface area contributed by atoms with E-state index in [9.17, 15) is 9.90 Å². The second kappa shape index (κ2) is 7.47. The summed E-state index contributed by atoms with van der Waals surface area (Å²) in [5, 5.41) is 14.2.